The SMILES string of the molecule is COc1ccccc1-c1nc2s/c(=C\c3ccc(-c4ccc(Cl)c(Cl)c4)o3)c(=O)n2n1. The molecule has 3 heterocycles. The maximum atomic E-state index is 12.8. The van der Waals surface area contributed by atoms with E-state index in [9.17, 15) is 4.79 Å². The molecule has 0 radical (unpaired) electrons. The van der Waals surface area contributed by atoms with Crippen LogP contribution in [0.5, 0.6) is 5.75 Å². The van der Waals surface area contributed by atoms with Crippen molar-refractivity contribution in [3.05, 3.63) is 85.3 Å². The monoisotopic (exact) mass is 469 g/mol. The van der Waals surface area contributed by atoms with Crippen LogP contribution in [0.25, 0.3) is 33.7 Å². The number of rotatable bonds is 4. The molecule has 0 amide bonds. The lowest BCUT2D eigenvalue weighted by molar-refractivity contribution is 0.416. The molecule has 6 nitrogen and oxygen atoms in total. The highest BCUT2D eigenvalue weighted by atomic mass is 35.5. The predicted molar refractivity (Wildman–Crippen MR) is 122 cm³/mol. The third kappa shape index (κ3) is 3.61. The smallest absolute Gasteiger partial charge is 0.291 e. The largest absolute Gasteiger partial charge is 0.496 e. The second kappa shape index (κ2) is 7.85. The van der Waals surface area contributed by atoms with E-state index >= 15 is 0 Å². The average molecular weight is 470 g/mol. The van der Waals surface area contributed by atoms with Crippen molar-refractivity contribution in [3.63, 3.8) is 0 Å². The zero-order valence-corrected chi connectivity index (χ0v) is 18.3. The van der Waals surface area contributed by atoms with E-state index in [0.29, 0.717) is 42.6 Å². The number of hydrogen-bond acceptors (Lipinski definition) is 6. The van der Waals surface area contributed by atoms with Crippen molar-refractivity contribution >= 4 is 45.6 Å². The summed E-state index contributed by atoms with van der Waals surface area (Å²) in [5.41, 5.74) is 1.25. The van der Waals surface area contributed by atoms with Gasteiger partial charge in [-0.25, -0.2) is 0 Å². The summed E-state index contributed by atoms with van der Waals surface area (Å²) in [6, 6.07) is 16.3. The molecule has 2 aromatic carbocycles. The van der Waals surface area contributed by atoms with Crippen LogP contribution in [0.2, 0.25) is 10.0 Å². The van der Waals surface area contributed by atoms with E-state index in [1.165, 1.54) is 15.9 Å². The van der Waals surface area contributed by atoms with Crippen molar-refractivity contribution in [2.75, 3.05) is 7.11 Å². The standard InChI is InChI=1S/C22H13Cl2N3O3S/c1-29-18-5-3-2-4-14(18)20-25-22-27(26-20)21(28)19(31-22)11-13-7-9-17(30-13)12-6-8-15(23)16(24)10-12/h2-11H,1H3/b19-11-. The van der Waals surface area contributed by atoms with E-state index in [-0.39, 0.29) is 5.56 Å². The van der Waals surface area contributed by atoms with Gasteiger partial charge in [-0.3, -0.25) is 4.79 Å². The molecular formula is C22H13Cl2N3O3S. The molecule has 5 rings (SSSR count). The molecule has 0 aliphatic carbocycles. The number of aromatic nitrogens is 3. The summed E-state index contributed by atoms with van der Waals surface area (Å²) in [6.45, 7) is 0. The molecule has 5 aromatic rings. The number of thiazole rings is 1. The fraction of sp³-hybridized carbons (Fsp3) is 0.0455. The van der Waals surface area contributed by atoms with Crippen molar-refractivity contribution < 1.29 is 9.15 Å². The topological polar surface area (TPSA) is 69.6 Å². The van der Waals surface area contributed by atoms with Gasteiger partial charge in [0.15, 0.2) is 5.82 Å². The fourth-order valence-electron chi connectivity index (χ4n) is 3.14. The highest BCUT2D eigenvalue weighted by Crippen LogP contribution is 2.30. The Bertz CT molecular complexity index is 1540. The zero-order valence-electron chi connectivity index (χ0n) is 16.0. The second-order valence-corrected chi connectivity index (χ2v) is 8.40. The highest BCUT2D eigenvalue weighted by Gasteiger charge is 2.15. The summed E-state index contributed by atoms with van der Waals surface area (Å²) >= 11 is 13.3. The number of para-hydroxylation sites is 1. The third-order valence-corrected chi connectivity index (χ3v) is 6.33. The summed E-state index contributed by atoms with van der Waals surface area (Å²) in [7, 11) is 1.58. The van der Waals surface area contributed by atoms with E-state index < -0.39 is 0 Å². The van der Waals surface area contributed by atoms with Crippen molar-refractivity contribution in [2.45, 2.75) is 0 Å². The van der Waals surface area contributed by atoms with E-state index in [1.807, 2.05) is 36.4 Å². The molecule has 0 unspecified atom stereocenters. The summed E-state index contributed by atoms with van der Waals surface area (Å²) < 4.78 is 13.0. The van der Waals surface area contributed by atoms with Crippen LogP contribution in [0.4, 0.5) is 0 Å². The van der Waals surface area contributed by atoms with Gasteiger partial charge in [-0.2, -0.15) is 9.50 Å². The van der Waals surface area contributed by atoms with Gasteiger partial charge in [-0.05, 0) is 42.5 Å². The van der Waals surface area contributed by atoms with Crippen LogP contribution in [0, 0.1) is 0 Å². The van der Waals surface area contributed by atoms with Crippen molar-refractivity contribution in [3.8, 4) is 28.5 Å². The van der Waals surface area contributed by atoms with Gasteiger partial charge in [-0.1, -0.05) is 46.7 Å². The Morgan fingerprint density at radius 2 is 1.94 bits per heavy atom. The van der Waals surface area contributed by atoms with Gasteiger partial charge in [0, 0.05) is 11.6 Å². The van der Waals surface area contributed by atoms with Crippen LogP contribution in [-0.4, -0.2) is 21.7 Å². The minimum atomic E-state index is -0.263. The lowest BCUT2D eigenvalue weighted by Crippen LogP contribution is -2.23. The maximum Gasteiger partial charge on any atom is 0.291 e. The molecule has 0 aliphatic rings. The molecule has 0 saturated carbocycles. The summed E-state index contributed by atoms with van der Waals surface area (Å²) in [5.74, 6) is 2.24. The number of furan rings is 1. The first-order chi connectivity index (χ1) is 15.0. The van der Waals surface area contributed by atoms with E-state index in [0.717, 1.165) is 11.1 Å². The molecule has 0 N–H and O–H groups in total. The molecule has 0 bridgehead atoms. The number of halogens is 2. The minimum absolute atomic E-state index is 0.263. The van der Waals surface area contributed by atoms with Gasteiger partial charge in [-0.15, -0.1) is 5.10 Å². The van der Waals surface area contributed by atoms with E-state index in [2.05, 4.69) is 10.1 Å². The first kappa shape index (κ1) is 19.8. The van der Waals surface area contributed by atoms with Crippen LogP contribution in [0.1, 0.15) is 5.76 Å². The summed E-state index contributed by atoms with van der Waals surface area (Å²) in [5, 5.41) is 5.29. The number of ether oxygens (including phenoxy) is 1. The Kier molecular flexibility index (Phi) is 5.02. The first-order valence-electron chi connectivity index (χ1n) is 9.13. The van der Waals surface area contributed by atoms with Crippen LogP contribution in [0.15, 0.2) is 63.8 Å². The maximum absolute atomic E-state index is 12.8. The highest BCUT2D eigenvalue weighted by molar-refractivity contribution is 7.15. The quantitative estimate of drug-likeness (QED) is 0.372. The Labute approximate surface area is 189 Å². The molecular weight excluding hydrogens is 457 g/mol. The average Bonchev–Trinajstić information content (AvgIpc) is 3.48. The zero-order chi connectivity index (χ0) is 21.5. The lowest BCUT2D eigenvalue weighted by atomic mass is 10.2. The lowest BCUT2D eigenvalue weighted by Gasteiger charge is -2.03. The fourth-order valence-corrected chi connectivity index (χ4v) is 4.33. The van der Waals surface area contributed by atoms with E-state index in [4.69, 9.17) is 32.4 Å². The Balaban J connectivity index is 1.52. The minimum Gasteiger partial charge on any atom is -0.496 e. The van der Waals surface area contributed by atoms with Gasteiger partial charge in [0.2, 0.25) is 4.96 Å². The Morgan fingerprint density at radius 3 is 2.71 bits per heavy atom. The van der Waals surface area contributed by atoms with Crippen molar-refractivity contribution in [1.82, 2.24) is 14.6 Å². The number of nitrogens with zero attached hydrogens (tertiary/aromatic N) is 3. The Hall–Kier alpha value is -3.13. The van der Waals surface area contributed by atoms with Gasteiger partial charge >= 0.3 is 0 Å². The number of fused-ring (bicyclic) bond motifs is 1. The number of hydrogen-bond donors (Lipinski definition) is 0. The molecule has 0 aliphatic heterocycles. The van der Waals surface area contributed by atoms with Crippen LogP contribution < -0.4 is 14.8 Å². The van der Waals surface area contributed by atoms with E-state index in [1.54, 1.807) is 31.4 Å². The molecule has 0 atom stereocenters. The van der Waals surface area contributed by atoms with Crippen LogP contribution in [-0.2, 0) is 0 Å². The van der Waals surface area contributed by atoms with Gasteiger partial charge in [0.25, 0.3) is 5.56 Å². The van der Waals surface area contributed by atoms with Crippen molar-refractivity contribution in [2.24, 2.45) is 0 Å². The van der Waals surface area contributed by atoms with Gasteiger partial charge < -0.3 is 9.15 Å². The molecule has 3 aromatic heterocycles. The molecule has 154 valence electrons. The number of methoxy groups -OCH3 is 1. The van der Waals surface area contributed by atoms with Gasteiger partial charge in [0.05, 0.1) is 22.7 Å². The summed E-state index contributed by atoms with van der Waals surface area (Å²) in [4.78, 5) is 17.8. The normalized spacial score (nSPS) is 12.0. The third-order valence-electron chi connectivity index (χ3n) is 4.63. The molecule has 31 heavy (non-hydrogen) atoms. The summed E-state index contributed by atoms with van der Waals surface area (Å²) in [6.07, 6.45) is 1.67. The van der Waals surface area contributed by atoms with Crippen molar-refractivity contribution in [1.29, 1.82) is 0 Å². The first-order valence-corrected chi connectivity index (χ1v) is 10.7. The van der Waals surface area contributed by atoms with Crippen LogP contribution >= 0.6 is 34.5 Å². The molecule has 0 fully saturated rings. The van der Waals surface area contributed by atoms with Crippen LogP contribution in [0.3, 0.4) is 0 Å². The number of benzene rings is 2. The molecule has 0 saturated heterocycles. The molecule has 0 spiro atoms. The second-order valence-electron chi connectivity index (χ2n) is 6.58. The Morgan fingerprint density at radius 1 is 1.10 bits per heavy atom. The van der Waals surface area contributed by atoms with Gasteiger partial charge in [0.1, 0.15) is 21.8 Å². The predicted octanol–water partition coefficient (Wildman–Crippen LogP) is 4.94. The molecule has 9 heteroatoms.